The summed E-state index contributed by atoms with van der Waals surface area (Å²) in [6.45, 7) is 0. The Hall–Kier alpha value is -2.75. The average Bonchev–Trinajstić information content (AvgIpc) is 3.17. The molecule has 0 spiro atoms. The third kappa shape index (κ3) is 5.00. The van der Waals surface area contributed by atoms with Crippen molar-refractivity contribution in [2.45, 2.75) is 4.90 Å². The minimum Gasteiger partial charge on any atom is -0.378 e. The zero-order chi connectivity index (χ0) is 21.0. The van der Waals surface area contributed by atoms with Crippen molar-refractivity contribution in [1.82, 2.24) is 9.29 Å². The van der Waals surface area contributed by atoms with Gasteiger partial charge in [0.1, 0.15) is 0 Å². The largest absolute Gasteiger partial charge is 0.378 e. The van der Waals surface area contributed by atoms with Crippen LogP contribution < -0.4 is 10.3 Å². The summed E-state index contributed by atoms with van der Waals surface area (Å²) >= 11 is 1.43. The lowest BCUT2D eigenvalue weighted by Crippen LogP contribution is -2.22. The number of sulfonamides is 1. The molecule has 0 amide bonds. The van der Waals surface area contributed by atoms with Crippen molar-refractivity contribution in [2.24, 2.45) is 5.10 Å². The molecule has 0 unspecified atom stereocenters. The Bertz CT molecular complexity index is 1090. The lowest BCUT2D eigenvalue weighted by atomic mass is 10.2. The van der Waals surface area contributed by atoms with Crippen molar-refractivity contribution in [2.75, 3.05) is 38.5 Å². The highest BCUT2D eigenvalue weighted by Crippen LogP contribution is 2.26. The van der Waals surface area contributed by atoms with Gasteiger partial charge in [-0.25, -0.2) is 17.7 Å². The molecule has 1 N–H and O–H groups in total. The van der Waals surface area contributed by atoms with Gasteiger partial charge in [-0.2, -0.15) is 5.10 Å². The molecule has 3 rings (SSSR count). The van der Waals surface area contributed by atoms with E-state index in [-0.39, 0.29) is 4.90 Å². The first-order chi connectivity index (χ1) is 13.8. The summed E-state index contributed by atoms with van der Waals surface area (Å²) in [7, 11) is 3.59. The molecule has 0 aliphatic heterocycles. The number of anilines is 2. The molecule has 0 aliphatic carbocycles. The standard InChI is InChI=1S/C20H23N5O2S2/c1-24(2)17-9-5-15(6-10-17)13-21-23-20-22-19(14-28-20)16-7-11-18(12-8-16)29(26,27)25(3)4/h5-14H,1-4H3,(H,22,23)/b21-13+. The van der Waals surface area contributed by atoms with Crippen LogP contribution in [-0.4, -0.2) is 52.1 Å². The Kier molecular flexibility index (Phi) is 6.31. The summed E-state index contributed by atoms with van der Waals surface area (Å²) < 4.78 is 25.5. The first-order valence-electron chi connectivity index (χ1n) is 8.82. The Morgan fingerprint density at radius 3 is 2.24 bits per heavy atom. The molecular formula is C20H23N5O2S2. The van der Waals surface area contributed by atoms with E-state index in [2.05, 4.69) is 15.5 Å². The van der Waals surface area contributed by atoms with Gasteiger partial charge >= 0.3 is 0 Å². The number of thiazole rings is 1. The van der Waals surface area contributed by atoms with Crippen LogP contribution in [0.4, 0.5) is 10.8 Å². The van der Waals surface area contributed by atoms with E-state index in [0.717, 1.165) is 22.5 Å². The van der Waals surface area contributed by atoms with E-state index in [4.69, 9.17) is 0 Å². The van der Waals surface area contributed by atoms with Gasteiger partial charge in [0, 0.05) is 44.8 Å². The van der Waals surface area contributed by atoms with Gasteiger partial charge in [-0.3, -0.25) is 5.43 Å². The minimum atomic E-state index is -3.44. The van der Waals surface area contributed by atoms with Gasteiger partial charge in [0.2, 0.25) is 15.2 Å². The normalized spacial score (nSPS) is 11.9. The number of hydrogen-bond donors (Lipinski definition) is 1. The maximum absolute atomic E-state index is 12.2. The lowest BCUT2D eigenvalue weighted by molar-refractivity contribution is 0.521. The first kappa shape index (κ1) is 21.0. The van der Waals surface area contributed by atoms with Crippen LogP contribution in [0.2, 0.25) is 0 Å². The second-order valence-electron chi connectivity index (χ2n) is 6.71. The van der Waals surface area contributed by atoms with Gasteiger partial charge in [0.05, 0.1) is 16.8 Å². The van der Waals surface area contributed by atoms with Gasteiger partial charge in [0.15, 0.2) is 0 Å². The second kappa shape index (κ2) is 8.73. The Labute approximate surface area is 175 Å². The van der Waals surface area contributed by atoms with Crippen LogP contribution in [0.15, 0.2) is 63.9 Å². The van der Waals surface area contributed by atoms with Crippen molar-refractivity contribution in [3.8, 4) is 11.3 Å². The van der Waals surface area contributed by atoms with E-state index in [9.17, 15) is 8.42 Å². The predicted molar refractivity (Wildman–Crippen MR) is 120 cm³/mol. The average molecular weight is 430 g/mol. The lowest BCUT2D eigenvalue weighted by Gasteiger charge is -2.11. The molecular weight excluding hydrogens is 406 g/mol. The van der Waals surface area contributed by atoms with Crippen molar-refractivity contribution in [3.63, 3.8) is 0 Å². The van der Waals surface area contributed by atoms with Crippen LogP contribution in [0.3, 0.4) is 0 Å². The summed E-state index contributed by atoms with van der Waals surface area (Å²) in [5.41, 5.74) is 6.65. The molecule has 3 aromatic rings. The fourth-order valence-electron chi connectivity index (χ4n) is 2.49. The predicted octanol–water partition coefficient (Wildman–Crippen LogP) is 3.57. The molecule has 2 aromatic carbocycles. The third-order valence-corrected chi connectivity index (χ3v) is 6.79. The summed E-state index contributed by atoms with van der Waals surface area (Å²) in [6, 6.07) is 14.7. The highest BCUT2D eigenvalue weighted by atomic mass is 32.2. The molecule has 1 heterocycles. The van der Waals surface area contributed by atoms with Gasteiger partial charge in [-0.05, 0) is 29.8 Å². The zero-order valence-corrected chi connectivity index (χ0v) is 18.3. The van der Waals surface area contributed by atoms with Crippen molar-refractivity contribution in [3.05, 3.63) is 59.5 Å². The number of hydrogen-bond acceptors (Lipinski definition) is 7. The molecule has 0 saturated carbocycles. The fourth-order valence-corrected chi connectivity index (χ4v) is 4.06. The van der Waals surface area contributed by atoms with Crippen molar-refractivity contribution >= 4 is 38.4 Å². The molecule has 29 heavy (non-hydrogen) atoms. The SMILES string of the molecule is CN(C)c1ccc(/C=N/Nc2nc(-c3ccc(S(=O)(=O)N(C)C)cc3)cs2)cc1. The Morgan fingerprint density at radius 2 is 1.66 bits per heavy atom. The second-order valence-corrected chi connectivity index (χ2v) is 9.72. The monoisotopic (exact) mass is 429 g/mol. The molecule has 152 valence electrons. The fraction of sp³-hybridized carbons (Fsp3) is 0.200. The molecule has 0 atom stereocenters. The van der Waals surface area contributed by atoms with Gasteiger partial charge < -0.3 is 4.90 Å². The molecule has 0 aliphatic rings. The van der Waals surface area contributed by atoms with Crippen molar-refractivity contribution in [1.29, 1.82) is 0 Å². The number of nitrogens with zero attached hydrogens (tertiary/aromatic N) is 4. The quantitative estimate of drug-likeness (QED) is 0.459. The number of rotatable bonds is 7. The van der Waals surface area contributed by atoms with E-state index < -0.39 is 10.0 Å². The van der Waals surface area contributed by atoms with E-state index in [1.165, 1.54) is 29.7 Å². The molecule has 0 radical (unpaired) electrons. The number of hydrazone groups is 1. The number of nitrogens with one attached hydrogen (secondary N) is 1. The zero-order valence-electron chi connectivity index (χ0n) is 16.7. The number of benzene rings is 2. The van der Waals surface area contributed by atoms with Crippen molar-refractivity contribution < 1.29 is 8.42 Å². The molecule has 1 aromatic heterocycles. The van der Waals surface area contributed by atoms with E-state index in [1.807, 2.05) is 48.6 Å². The molecule has 0 saturated heterocycles. The summed E-state index contributed by atoms with van der Waals surface area (Å²) in [5, 5.41) is 6.79. The van der Waals surface area contributed by atoms with E-state index in [1.54, 1.807) is 30.5 Å². The van der Waals surface area contributed by atoms with Gasteiger partial charge in [0.25, 0.3) is 0 Å². The van der Waals surface area contributed by atoms with Crippen LogP contribution in [0, 0.1) is 0 Å². The Morgan fingerprint density at radius 1 is 1.00 bits per heavy atom. The minimum absolute atomic E-state index is 0.254. The van der Waals surface area contributed by atoms with Crippen LogP contribution >= 0.6 is 11.3 Å². The topological polar surface area (TPSA) is 77.9 Å². The maximum Gasteiger partial charge on any atom is 0.242 e. The first-order valence-corrected chi connectivity index (χ1v) is 11.1. The van der Waals surface area contributed by atoms with Crippen LogP contribution in [0.1, 0.15) is 5.56 Å². The molecule has 9 heteroatoms. The van der Waals surface area contributed by atoms with Crippen LogP contribution in [-0.2, 0) is 10.0 Å². The third-order valence-electron chi connectivity index (χ3n) is 4.22. The van der Waals surface area contributed by atoms with Crippen LogP contribution in [0.25, 0.3) is 11.3 Å². The smallest absolute Gasteiger partial charge is 0.242 e. The van der Waals surface area contributed by atoms with E-state index in [0.29, 0.717) is 5.13 Å². The molecule has 0 fully saturated rings. The highest BCUT2D eigenvalue weighted by molar-refractivity contribution is 7.89. The van der Waals surface area contributed by atoms with E-state index >= 15 is 0 Å². The summed E-state index contributed by atoms with van der Waals surface area (Å²) in [5.74, 6) is 0. The Balaban J connectivity index is 1.66. The van der Waals surface area contributed by atoms with Gasteiger partial charge in [-0.1, -0.05) is 24.3 Å². The molecule has 7 nitrogen and oxygen atoms in total. The summed E-state index contributed by atoms with van der Waals surface area (Å²) in [4.78, 5) is 6.80. The number of aromatic nitrogens is 1. The maximum atomic E-state index is 12.2. The highest BCUT2D eigenvalue weighted by Gasteiger charge is 2.17. The van der Waals surface area contributed by atoms with Gasteiger partial charge in [-0.15, -0.1) is 11.3 Å². The summed E-state index contributed by atoms with van der Waals surface area (Å²) in [6.07, 6.45) is 1.74. The molecule has 0 bridgehead atoms. The van der Waals surface area contributed by atoms with Crippen LogP contribution in [0.5, 0.6) is 0 Å².